The molecule has 0 saturated carbocycles. The zero-order chi connectivity index (χ0) is 18.6. The van der Waals surface area contributed by atoms with Crippen molar-refractivity contribution in [1.82, 2.24) is 30.4 Å². The summed E-state index contributed by atoms with van der Waals surface area (Å²) in [5.74, 6) is 1.27. The van der Waals surface area contributed by atoms with Gasteiger partial charge in [0.15, 0.2) is 11.6 Å². The van der Waals surface area contributed by atoms with Gasteiger partial charge in [0.1, 0.15) is 17.2 Å². The predicted octanol–water partition coefficient (Wildman–Crippen LogP) is 3.39. The zero-order valence-corrected chi connectivity index (χ0v) is 14.7. The highest BCUT2D eigenvalue weighted by Crippen LogP contribution is 2.39. The molecule has 4 aromatic rings. The zero-order valence-electron chi connectivity index (χ0n) is 14.7. The summed E-state index contributed by atoms with van der Waals surface area (Å²) in [5.41, 5.74) is 2.63. The molecule has 3 aromatic heterocycles. The molecule has 0 aliphatic carbocycles. The highest BCUT2D eigenvalue weighted by molar-refractivity contribution is 5.91. The number of hydrogen-bond acceptors (Lipinski definition) is 6. The fourth-order valence-electron chi connectivity index (χ4n) is 3.24. The maximum absolute atomic E-state index is 13.7. The minimum absolute atomic E-state index is 0.330. The first-order valence-corrected chi connectivity index (χ1v) is 8.46. The van der Waals surface area contributed by atoms with E-state index < -0.39 is 5.60 Å². The Hall–Kier alpha value is -3.33. The Morgan fingerprint density at radius 3 is 2.93 bits per heavy atom. The van der Waals surface area contributed by atoms with Crippen molar-refractivity contribution in [3.05, 3.63) is 47.7 Å². The van der Waals surface area contributed by atoms with Gasteiger partial charge in [0.05, 0.1) is 29.6 Å². The van der Waals surface area contributed by atoms with Gasteiger partial charge in [-0.2, -0.15) is 10.2 Å². The summed E-state index contributed by atoms with van der Waals surface area (Å²) in [6, 6.07) is 4.47. The number of benzene rings is 1. The van der Waals surface area contributed by atoms with Crippen LogP contribution in [-0.2, 0) is 16.9 Å². The normalized spacial score (nSPS) is 15.2. The SMILES string of the molecule is CC1(C)OCc2c(Nc3n[nH]c4ccc(F)cc34)nc(-c3cn[nH]c3)nc21. The molecule has 9 heteroatoms. The van der Waals surface area contributed by atoms with Crippen LogP contribution in [0.2, 0.25) is 0 Å². The molecule has 1 aromatic carbocycles. The molecule has 136 valence electrons. The van der Waals surface area contributed by atoms with E-state index in [-0.39, 0.29) is 5.82 Å². The standard InChI is InChI=1S/C18H16FN7O/c1-18(2)14-12(8-27-18)16(23-15(22-14)9-6-20-21-7-9)24-17-11-5-10(19)3-4-13(11)25-26-17/h3-7H,8H2,1-2H3,(H,20,21)(H2,22,23,24,25,26). The second-order valence-corrected chi connectivity index (χ2v) is 6.90. The first-order valence-electron chi connectivity index (χ1n) is 8.46. The molecule has 0 fully saturated rings. The van der Waals surface area contributed by atoms with Crippen LogP contribution in [0.4, 0.5) is 16.0 Å². The number of anilines is 2. The van der Waals surface area contributed by atoms with Crippen LogP contribution in [0.5, 0.6) is 0 Å². The minimum atomic E-state index is -0.535. The Bertz CT molecular complexity index is 1150. The summed E-state index contributed by atoms with van der Waals surface area (Å²) in [4.78, 5) is 9.34. The first kappa shape index (κ1) is 15.9. The van der Waals surface area contributed by atoms with Crippen molar-refractivity contribution < 1.29 is 9.13 Å². The molecule has 0 amide bonds. The number of fused-ring (bicyclic) bond motifs is 2. The highest BCUT2D eigenvalue weighted by Gasteiger charge is 2.36. The van der Waals surface area contributed by atoms with Crippen LogP contribution in [0.25, 0.3) is 22.3 Å². The quantitative estimate of drug-likeness (QED) is 0.514. The van der Waals surface area contributed by atoms with Gasteiger partial charge in [0.2, 0.25) is 0 Å². The monoisotopic (exact) mass is 365 g/mol. The molecule has 0 atom stereocenters. The van der Waals surface area contributed by atoms with Crippen molar-refractivity contribution in [3.63, 3.8) is 0 Å². The Morgan fingerprint density at radius 2 is 2.11 bits per heavy atom. The largest absolute Gasteiger partial charge is 0.364 e. The second-order valence-electron chi connectivity index (χ2n) is 6.90. The van der Waals surface area contributed by atoms with Gasteiger partial charge < -0.3 is 10.1 Å². The van der Waals surface area contributed by atoms with Crippen molar-refractivity contribution in [1.29, 1.82) is 0 Å². The molecular formula is C18H16FN7O. The van der Waals surface area contributed by atoms with E-state index in [0.29, 0.717) is 29.5 Å². The smallest absolute Gasteiger partial charge is 0.165 e. The Labute approximate surface area is 153 Å². The second kappa shape index (κ2) is 5.58. The fraction of sp³-hybridized carbons (Fsp3) is 0.222. The van der Waals surface area contributed by atoms with Gasteiger partial charge >= 0.3 is 0 Å². The number of halogens is 1. The molecule has 1 aliphatic rings. The molecule has 5 rings (SSSR count). The summed E-state index contributed by atoms with van der Waals surface area (Å²) in [6.07, 6.45) is 3.39. The lowest BCUT2D eigenvalue weighted by molar-refractivity contribution is -0.00995. The van der Waals surface area contributed by atoms with Crippen LogP contribution < -0.4 is 5.32 Å². The lowest BCUT2D eigenvalue weighted by Gasteiger charge is -2.18. The Morgan fingerprint density at radius 1 is 1.22 bits per heavy atom. The number of aromatic nitrogens is 6. The van der Waals surface area contributed by atoms with Gasteiger partial charge in [-0.25, -0.2) is 14.4 Å². The molecule has 27 heavy (non-hydrogen) atoms. The van der Waals surface area contributed by atoms with Gasteiger partial charge in [-0.3, -0.25) is 10.2 Å². The number of nitrogens with zero attached hydrogens (tertiary/aromatic N) is 4. The third-order valence-electron chi connectivity index (χ3n) is 4.67. The lowest BCUT2D eigenvalue weighted by atomic mass is 10.0. The summed E-state index contributed by atoms with van der Waals surface area (Å²) < 4.78 is 19.6. The van der Waals surface area contributed by atoms with Gasteiger partial charge in [-0.05, 0) is 32.0 Å². The van der Waals surface area contributed by atoms with Crippen molar-refractivity contribution in [2.75, 3.05) is 5.32 Å². The van der Waals surface area contributed by atoms with Gasteiger partial charge in [-0.15, -0.1) is 0 Å². The van der Waals surface area contributed by atoms with Crippen molar-refractivity contribution in [2.24, 2.45) is 0 Å². The number of nitrogens with one attached hydrogen (secondary N) is 3. The van der Waals surface area contributed by atoms with Crippen LogP contribution in [0.3, 0.4) is 0 Å². The molecule has 0 bridgehead atoms. The summed E-state index contributed by atoms with van der Waals surface area (Å²) in [6.45, 7) is 4.31. The molecule has 0 saturated heterocycles. The predicted molar refractivity (Wildman–Crippen MR) is 96.8 cm³/mol. The van der Waals surface area contributed by atoms with E-state index in [1.807, 2.05) is 13.8 Å². The number of ether oxygens (including phenoxy) is 1. The molecule has 1 aliphatic heterocycles. The van der Waals surface area contributed by atoms with Crippen LogP contribution in [0, 0.1) is 5.82 Å². The third-order valence-corrected chi connectivity index (χ3v) is 4.67. The summed E-state index contributed by atoms with van der Waals surface area (Å²) in [7, 11) is 0. The number of aromatic amines is 2. The van der Waals surface area contributed by atoms with E-state index in [4.69, 9.17) is 9.72 Å². The van der Waals surface area contributed by atoms with Crippen LogP contribution in [-0.4, -0.2) is 30.4 Å². The molecular weight excluding hydrogens is 349 g/mol. The Kier molecular flexibility index (Phi) is 3.28. The lowest BCUT2D eigenvalue weighted by Crippen LogP contribution is -2.17. The fourth-order valence-corrected chi connectivity index (χ4v) is 3.24. The Balaban J connectivity index is 1.66. The maximum atomic E-state index is 13.7. The van der Waals surface area contributed by atoms with Crippen molar-refractivity contribution in [2.45, 2.75) is 26.1 Å². The maximum Gasteiger partial charge on any atom is 0.165 e. The van der Waals surface area contributed by atoms with Crippen LogP contribution >= 0.6 is 0 Å². The topological polar surface area (TPSA) is 104 Å². The first-order chi connectivity index (χ1) is 13.0. The van der Waals surface area contributed by atoms with Crippen LogP contribution in [0.1, 0.15) is 25.1 Å². The summed E-state index contributed by atoms with van der Waals surface area (Å²) >= 11 is 0. The van der Waals surface area contributed by atoms with Crippen LogP contribution in [0.15, 0.2) is 30.6 Å². The average molecular weight is 365 g/mol. The number of rotatable bonds is 3. The highest BCUT2D eigenvalue weighted by atomic mass is 19.1. The average Bonchev–Trinajstić information content (AvgIpc) is 3.36. The summed E-state index contributed by atoms with van der Waals surface area (Å²) in [5, 5.41) is 17.8. The molecule has 3 N–H and O–H groups in total. The van der Waals surface area contributed by atoms with E-state index in [1.54, 1.807) is 18.5 Å². The van der Waals surface area contributed by atoms with E-state index >= 15 is 0 Å². The van der Waals surface area contributed by atoms with Crippen molar-refractivity contribution >= 4 is 22.5 Å². The molecule has 0 spiro atoms. The van der Waals surface area contributed by atoms with E-state index in [1.165, 1.54) is 12.1 Å². The molecule has 0 unspecified atom stereocenters. The van der Waals surface area contributed by atoms with E-state index in [2.05, 4.69) is 30.7 Å². The number of H-pyrrole nitrogens is 2. The van der Waals surface area contributed by atoms with Crippen molar-refractivity contribution in [3.8, 4) is 11.4 Å². The third kappa shape index (κ3) is 2.55. The molecule has 8 nitrogen and oxygen atoms in total. The van der Waals surface area contributed by atoms with E-state index in [0.717, 1.165) is 22.3 Å². The van der Waals surface area contributed by atoms with E-state index in [9.17, 15) is 4.39 Å². The minimum Gasteiger partial charge on any atom is -0.364 e. The van der Waals surface area contributed by atoms with Gasteiger partial charge in [0.25, 0.3) is 0 Å². The van der Waals surface area contributed by atoms with Gasteiger partial charge in [-0.1, -0.05) is 0 Å². The molecule has 0 radical (unpaired) electrons. The molecule has 4 heterocycles. The van der Waals surface area contributed by atoms with Gasteiger partial charge in [0, 0.05) is 17.1 Å². The number of hydrogen-bond donors (Lipinski definition) is 3.